The van der Waals surface area contributed by atoms with Crippen LogP contribution in [0.2, 0.25) is 0 Å². The second kappa shape index (κ2) is 5.43. The zero-order valence-corrected chi connectivity index (χ0v) is 11.5. The third-order valence-corrected chi connectivity index (χ3v) is 3.18. The molecule has 102 valence electrons. The number of hydrogen-bond acceptors (Lipinski definition) is 4. The van der Waals surface area contributed by atoms with Gasteiger partial charge in [0, 0.05) is 12.5 Å². The summed E-state index contributed by atoms with van der Waals surface area (Å²) in [6, 6.07) is 1.66. The van der Waals surface area contributed by atoms with Gasteiger partial charge in [-0.3, -0.25) is 4.79 Å². The van der Waals surface area contributed by atoms with Crippen molar-refractivity contribution in [3.8, 4) is 5.75 Å². The molecule has 1 aliphatic rings. The highest BCUT2D eigenvalue weighted by Crippen LogP contribution is 2.29. The van der Waals surface area contributed by atoms with Crippen LogP contribution >= 0.6 is 0 Å². The Hall–Kier alpha value is -1.84. The summed E-state index contributed by atoms with van der Waals surface area (Å²) in [4.78, 5) is 23.8. The van der Waals surface area contributed by atoms with Gasteiger partial charge in [-0.2, -0.15) is 0 Å². The highest BCUT2D eigenvalue weighted by Gasteiger charge is 2.28. The second-order valence-electron chi connectivity index (χ2n) is 4.76. The van der Waals surface area contributed by atoms with Crippen molar-refractivity contribution < 1.29 is 13.9 Å². The van der Waals surface area contributed by atoms with Gasteiger partial charge in [-0.05, 0) is 25.8 Å². The van der Waals surface area contributed by atoms with Crippen molar-refractivity contribution in [1.82, 2.24) is 0 Å². The van der Waals surface area contributed by atoms with E-state index in [1.54, 1.807) is 6.07 Å². The van der Waals surface area contributed by atoms with Gasteiger partial charge in [-0.1, -0.05) is 19.4 Å². The normalized spacial score (nSPS) is 19.0. The Labute approximate surface area is 112 Å². The van der Waals surface area contributed by atoms with Gasteiger partial charge in [0.2, 0.25) is 0 Å². The SMILES string of the molecule is C/C=C(\CCC)c1cc2c(c(=O)o1)C(=O)C[C@H](C)O2. The van der Waals surface area contributed by atoms with Crippen LogP contribution in [-0.4, -0.2) is 11.9 Å². The lowest BCUT2D eigenvalue weighted by atomic mass is 10.0. The second-order valence-corrected chi connectivity index (χ2v) is 4.76. The van der Waals surface area contributed by atoms with E-state index in [1.807, 2.05) is 19.9 Å². The van der Waals surface area contributed by atoms with Crippen LogP contribution in [0.5, 0.6) is 5.75 Å². The van der Waals surface area contributed by atoms with Gasteiger partial charge in [0.25, 0.3) is 0 Å². The summed E-state index contributed by atoms with van der Waals surface area (Å²) >= 11 is 0. The molecule has 0 N–H and O–H groups in total. The maximum absolute atomic E-state index is 11.9. The van der Waals surface area contributed by atoms with Gasteiger partial charge in [0.15, 0.2) is 5.78 Å². The molecule has 1 aromatic heterocycles. The highest BCUT2D eigenvalue weighted by atomic mass is 16.5. The van der Waals surface area contributed by atoms with Gasteiger partial charge < -0.3 is 9.15 Å². The number of carbonyl (C=O) groups excluding carboxylic acids is 1. The van der Waals surface area contributed by atoms with Gasteiger partial charge in [0.1, 0.15) is 23.2 Å². The Balaban J connectivity index is 2.52. The number of ketones is 1. The zero-order valence-electron chi connectivity index (χ0n) is 11.5. The molecule has 2 heterocycles. The van der Waals surface area contributed by atoms with Gasteiger partial charge in [-0.25, -0.2) is 4.79 Å². The van der Waals surface area contributed by atoms with E-state index in [4.69, 9.17) is 9.15 Å². The van der Waals surface area contributed by atoms with E-state index in [9.17, 15) is 9.59 Å². The fraction of sp³-hybridized carbons (Fsp3) is 0.467. The van der Waals surface area contributed by atoms with E-state index in [1.165, 1.54) is 0 Å². The van der Waals surface area contributed by atoms with E-state index in [-0.39, 0.29) is 23.9 Å². The maximum Gasteiger partial charge on any atom is 0.351 e. The lowest BCUT2D eigenvalue weighted by Crippen LogP contribution is -2.29. The Morgan fingerprint density at radius 3 is 2.84 bits per heavy atom. The van der Waals surface area contributed by atoms with Crippen molar-refractivity contribution in [2.45, 2.75) is 46.1 Å². The van der Waals surface area contributed by atoms with Crippen molar-refractivity contribution in [2.24, 2.45) is 0 Å². The predicted molar refractivity (Wildman–Crippen MR) is 72.6 cm³/mol. The highest BCUT2D eigenvalue weighted by molar-refractivity contribution is 5.99. The average molecular weight is 262 g/mol. The molecular weight excluding hydrogens is 244 g/mol. The summed E-state index contributed by atoms with van der Waals surface area (Å²) in [5.74, 6) is 0.645. The fourth-order valence-electron chi connectivity index (χ4n) is 2.28. The Bertz CT molecular complexity index is 580. The van der Waals surface area contributed by atoms with Crippen LogP contribution in [0.25, 0.3) is 5.57 Å². The molecule has 0 radical (unpaired) electrons. The Kier molecular flexibility index (Phi) is 3.88. The van der Waals surface area contributed by atoms with Crippen LogP contribution in [0.15, 0.2) is 21.4 Å². The lowest BCUT2D eigenvalue weighted by Gasteiger charge is -2.21. The van der Waals surface area contributed by atoms with E-state index in [2.05, 4.69) is 6.92 Å². The molecule has 0 amide bonds. The first-order valence-electron chi connectivity index (χ1n) is 6.60. The minimum atomic E-state index is -0.597. The fourth-order valence-corrected chi connectivity index (χ4v) is 2.28. The Morgan fingerprint density at radius 2 is 2.21 bits per heavy atom. The third-order valence-electron chi connectivity index (χ3n) is 3.18. The molecule has 19 heavy (non-hydrogen) atoms. The summed E-state index contributed by atoms with van der Waals surface area (Å²) in [6.45, 7) is 5.78. The number of rotatable bonds is 3. The molecule has 0 bridgehead atoms. The first-order valence-corrected chi connectivity index (χ1v) is 6.60. The number of allylic oxidation sites excluding steroid dienone is 2. The molecule has 0 saturated heterocycles. The summed E-state index contributed by atoms with van der Waals surface area (Å²) in [5.41, 5.74) is 0.408. The molecular formula is C15H18O4. The first kappa shape index (κ1) is 13.6. The first-order chi connectivity index (χ1) is 9.06. The van der Waals surface area contributed by atoms with Gasteiger partial charge in [0.05, 0.1) is 0 Å². The van der Waals surface area contributed by atoms with Crippen LogP contribution < -0.4 is 10.4 Å². The van der Waals surface area contributed by atoms with E-state index in [0.29, 0.717) is 11.5 Å². The van der Waals surface area contributed by atoms with Crippen molar-refractivity contribution in [1.29, 1.82) is 0 Å². The molecule has 2 rings (SSSR count). The number of carbonyl (C=O) groups is 1. The maximum atomic E-state index is 11.9. The van der Waals surface area contributed by atoms with Crippen LogP contribution in [0.1, 0.15) is 56.2 Å². The minimum absolute atomic E-state index is 0.0498. The molecule has 0 aliphatic carbocycles. The van der Waals surface area contributed by atoms with Gasteiger partial charge >= 0.3 is 5.63 Å². The number of Topliss-reactive ketones (excluding diaryl/α,β-unsaturated/α-hetero) is 1. The third kappa shape index (κ3) is 2.62. The summed E-state index contributed by atoms with van der Waals surface area (Å²) in [5, 5.41) is 0. The molecule has 0 aromatic carbocycles. The topological polar surface area (TPSA) is 56.5 Å². The van der Waals surface area contributed by atoms with Gasteiger partial charge in [-0.15, -0.1) is 0 Å². The average Bonchev–Trinajstić information content (AvgIpc) is 2.34. The molecule has 0 spiro atoms. The van der Waals surface area contributed by atoms with Crippen LogP contribution in [-0.2, 0) is 0 Å². The van der Waals surface area contributed by atoms with Crippen molar-refractivity contribution in [3.63, 3.8) is 0 Å². The van der Waals surface area contributed by atoms with Crippen LogP contribution in [0, 0.1) is 0 Å². The minimum Gasteiger partial charge on any atom is -0.489 e. The molecule has 4 nitrogen and oxygen atoms in total. The molecule has 0 unspecified atom stereocenters. The standard InChI is InChI=1S/C15H18O4/c1-4-6-10(5-2)12-8-13-14(15(17)19-12)11(16)7-9(3)18-13/h5,8-9H,4,6-7H2,1-3H3/b10-5+/t9-/m0/s1. The smallest absolute Gasteiger partial charge is 0.351 e. The monoisotopic (exact) mass is 262 g/mol. The number of fused-ring (bicyclic) bond motifs is 1. The zero-order chi connectivity index (χ0) is 14.0. The molecule has 1 aliphatic heterocycles. The predicted octanol–water partition coefficient (Wildman–Crippen LogP) is 3.20. The Morgan fingerprint density at radius 1 is 1.47 bits per heavy atom. The number of ether oxygens (including phenoxy) is 1. The molecule has 0 saturated carbocycles. The van der Waals surface area contributed by atoms with Crippen molar-refractivity contribution in [3.05, 3.63) is 33.9 Å². The van der Waals surface area contributed by atoms with E-state index in [0.717, 1.165) is 18.4 Å². The van der Waals surface area contributed by atoms with Crippen LogP contribution in [0.3, 0.4) is 0 Å². The quantitative estimate of drug-likeness (QED) is 0.839. The molecule has 4 heteroatoms. The molecule has 1 atom stereocenters. The van der Waals surface area contributed by atoms with Crippen molar-refractivity contribution >= 4 is 11.4 Å². The summed E-state index contributed by atoms with van der Waals surface area (Å²) < 4.78 is 10.9. The van der Waals surface area contributed by atoms with E-state index < -0.39 is 5.63 Å². The van der Waals surface area contributed by atoms with Crippen molar-refractivity contribution in [2.75, 3.05) is 0 Å². The molecule has 1 aromatic rings. The summed E-state index contributed by atoms with van der Waals surface area (Å²) in [7, 11) is 0. The van der Waals surface area contributed by atoms with E-state index >= 15 is 0 Å². The summed E-state index contributed by atoms with van der Waals surface area (Å²) in [6.07, 6.45) is 3.72. The van der Waals surface area contributed by atoms with Crippen LogP contribution in [0.4, 0.5) is 0 Å². The molecule has 0 fully saturated rings. The lowest BCUT2D eigenvalue weighted by molar-refractivity contribution is 0.0862. The largest absolute Gasteiger partial charge is 0.489 e. The number of hydrogen-bond donors (Lipinski definition) is 0.